The van der Waals surface area contributed by atoms with Gasteiger partial charge in [0.15, 0.2) is 0 Å². The molecular weight excluding hydrogens is 316 g/mol. The highest BCUT2D eigenvalue weighted by Crippen LogP contribution is 2.32. The van der Waals surface area contributed by atoms with Gasteiger partial charge in [-0.05, 0) is 24.3 Å². The molecule has 0 radical (unpaired) electrons. The van der Waals surface area contributed by atoms with Gasteiger partial charge in [-0.25, -0.2) is 0 Å². The van der Waals surface area contributed by atoms with Gasteiger partial charge in [-0.1, -0.05) is 35.9 Å². The predicted molar refractivity (Wildman–Crippen MR) is 90.3 cm³/mol. The molecule has 23 heavy (non-hydrogen) atoms. The Bertz CT molecular complexity index is 965. The van der Waals surface area contributed by atoms with Gasteiger partial charge in [0.2, 0.25) is 0 Å². The number of carbonyl (C=O) groups excluding carboxylic acids is 1. The molecule has 0 saturated carbocycles. The van der Waals surface area contributed by atoms with E-state index in [-0.39, 0.29) is 16.0 Å². The van der Waals surface area contributed by atoms with E-state index in [1.54, 1.807) is 42.5 Å². The number of carbonyl (C=O) groups is 1. The number of amides is 1. The fourth-order valence-corrected chi connectivity index (χ4v) is 2.71. The number of anilines is 1. The summed E-state index contributed by atoms with van der Waals surface area (Å²) in [5.74, 6) is -1.10. The van der Waals surface area contributed by atoms with Crippen molar-refractivity contribution in [3.63, 3.8) is 0 Å². The molecule has 0 saturated heterocycles. The van der Waals surface area contributed by atoms with Crippen LogP contribution >= 0.6 is 11.6 Å². The third-order valence-electron chi connectivity index (χ3n) is 3.60. The van der Waals surface area contributed by atoms with Crippen LogP contribution in [0.4, 0.5) is 5.69 Å². The standard InChI is InChI=1S/C17H13ClN2O3/c1-20-12-9-5-8-11(18)13(12)15(21)14(17(20)23)16(22)19-10-6-3-2-4-7-10/h2-9,21H,1H3,(H,19,22). The van der Waals surface area contributed by atoms with Crippen LogP contribution in [0.3, 0.4) is 0 Å². The fourth-order valence-electron chi connectivity index (χ4n) is 2.45. The highest BCUT2D eigenvalue weighted by Gasteiger charge is 2.22. The zero-order chi connectivity index (χ0) is 16.6. The molecular formula is C17H13ClN2O3. The van der Waals surface area contributed by atoms with Crippen molar-refractivity contribution in [2.75, 3.05) is 5.32 Å². The lowest BCUT2D eigenvalue weighted by molar-refractivity contribution is 0.102. The Morgan fingerprint density at radius 3 is 2.52 bits per heavy atom. The Kier molecular flexibility index (Phi) is 3.80. The number of pyridine rings is 1. The molecule has 2 N–H and O–H groups in total. The van der Waals surface area contributed by atoms with Crippen LogP contribution in [-0.4, -0.2) is 15.6 Å². The number of hydrogen-bond donors (Lipinski definition) is 2. The summed E-state index contributed by atoms with van der Waals surface area (Å²) in [6.45, 7) is 0. The molecule has 1 heterocycles. The average Bonchev–Trinajstić information content (AvgIpc) is 2.53. The van der Waals surface area contributed by atoms with Crippen molar-refractivity contribution in [1.82, 2.24) is 4.57 Å². The maximum atomic E-state index is 12.4. The Balaban J connectivity index is 2.20. The molecule has 1 aromatic heterocycles. The summed E-state index contributed by atoms with van der Waals surface area (Å²) in [6.07, 6.45) is 0. The van der Waals surface area contributed by atoms with Crippen molar-refractivity contribution in [2.24, 2.45) is 7.05 Å². The highest BCUT2D eigenvalue weighted by atomic mass is 35.5. The maximum absolute atomic E-state index is 12.4. The van der Waals surface area contributed by atoms with Gasteiger partial charge in [-0.15, -0.1) is 0 Å². The highest BCUT2D eigenvalue weighted by molar-refractivity contribution is 6.36. The predicted octanol–water partition coefficient (Wildman–Crippen LogP) is 3.15. The van der Waals surface area contributed by atoms with Gasteiger partial charge >= 0.3 is 0 Å². The van der Waals surface area contributed by atoms with Crippen molar-refractivity contribution in [1.29, 1.82) is 0 Å². The van der Waals surface area contributed by atoms with Crippen molar-refractivity contribution in [2.45, 2.75) is 0 Å². The first-order valence-electron chi connectivity index (χ1n) is 6.87. The molecule has 0 aliphatic carbocycles. The minimum Gasteiger partial charge on any atom is -0.506 e. The van der Waals surface area contributed by atoms with E-state index >= 15 is 0 Å². The Hall–Kier alpha value is -2.79. The van der Waals surface area contributed by atoms with Gasteiger partial charge in [-0.3, -0.25) is 9.59 Å². The summed E-state index contributed by atoms with van der Waals surface area (Å²) >= 11 is 6.12. The van der Waals surface area contributed by atoms with Crippen molar-refractivity contribution in [3.05, 3.63) is 69.5 Å². The molecule has 0 spiro atoms. The minimum atomic E-state index is -0.684. The quantitative estimate of drug-likeness (QED) is 0.759. The molecule has 0 bridgehead atoms. The van der Waals surface area contributed by atoms with Crippen molar-refractivity contribution < 1.29 is 9.90 Å². The summed E-state index contributed by atoms with van der Waals surface area (Å²) in [6, 6.07) is 13.6. The monoisotopic (exact) mass is 328 g/mol. The molecule has 2 aromatic carbocycles. The Labute approximate surface area is 136 Å². The third-order valence-corrected chi connectivity index (χ3v) is 3.92. The topological polar surface area (TPSA) is 71.3 Å². The van der Waals surface area contributed by atoms with Crippen molar-refractivity contribution in [3.8, 4) is 5.75 Å². The SMILES string of the molecule is Cn1c(=O)c(C(=O)Nc2ccccc2)c(O)c2c(Cl)cccc21. The van der Waals surface area contributed by atoms with E-state index < -0.39 is 17.2 Å². The summed E-state index contributed by atoms with van der Waals surface area (Å²) < 4.78 is 1.29. The number of nitrogens with zero attached hydrogens (tertiary/aromatic N) is 1. The zero-order valence-corrected chi connectivity index (χ0v) is 13.0. The van der Waals surface area contributed by atoms with Crippen LogP contribution in [0.25, 0.3) is 10.9 Å². The van der Waals surface area contributed by atoms with E-state index in [1.807, 2.05) is 6.07 Å². The number of rotatable bonds is 2. The van der Waals surface area contributed by atoms with E-state index in [1.165, 1.54) is 11.6 Å². The van der Waals surface area contributed by atoms with E-state index in [0.29, 0.717) is 11.2 Å². The minimum absolute atomic E-state index is 0.268. The van der Waals surface area contributed by atoms with E-state index in [9.17, 15) is 14.7 Å². The van der Waals surface area contributed by atoms with E-state index in [4.69, 9.17) is 11.6 Å². The zero-order valence-electron chi connectivity index (χ0n) is 12.2. The lowest BCUT2D eigenvalue weighted by Gasteiger charge is -2.12. The second-order valence-electron chi connectivity index (χ2n) is 5.04. The number of aryl methyl sites for hydroxylation is 1. The smallest absolute Gasteiger partial charge is 0.267 e. The number of halogens is 1. The lowest BCUT2D eigenvalue weighted by Crippen LogP contribution is -2.28. The third kappa shape index (κ3) is 2.55. The van der Waals surface area contributed by atoms with Crippen molar-refractivity contribution >= 4 is 34.1 Å². The molecule has 0 unspecified atom stereocenters. The first-order chi connectivity index (χ1) is 11.0. The molecule has 0 aliphatic heterocycles. The summed E-state index contributed by atoms with van der Waals surface area (Å²) in [7, 11) is 1.53. The van der Waals surface area contributed by atoms with Gasteiger partial charge in [0.25, 0.3) is 11.5 Å². The molecule has 1 amide bonds. The number of fused-ring (bicyclic) bond motifs is 1. The van der Waals surface area contributed by atoms with Crippen LogP contribution < -0.4 is 10.9 Å². The average molecular weight is 329 g/mol. The molecule has 116 valence electrons. The van der Waals surface area contributed by atoms with E-state index in [2.05, 4.69) is 5.32 Å². The number of para-hydroxylation sites is 1. The summed E-state index contributed by atoms with van der Waals surface area (Å²) in [4.78, 5) is 24.9. The molecule has 5 nitrogen and oxygen atoms in total. The number of aromatic nitrogens is 1. The van der Waals surface area contributed by atoms with Crippen LogP contribution in [0.1, 0.15) is 10.4 Å². The van der Waals surface area contributed by atoms with Crippen LogP contribution in [-0.2, 0) is 7.05 Å². The normalized spacial score (nSPS) is 10.7. The number of hydrogen-bond acceptors (Lipinski definition) is 3. The number of benzene rings is 2. The molecule has 0 atom stereocenters. The number of nitrogens with one attached hydrogen (secondary N) is 1. The van der Waals surface area contributed by atoms with Gasteiger partial charge in [0, 0.05) is 12.7 Å². The Morgan fingerprint density at radius 1 is 1.13 bits per heavy atom. The largest absolute Gasteiger partial charge is 0.506 e. The van der Waals surface area contributed by atoms with E-state index in [0.717, 1.165) is 0 Å². The van der Waals surface area contributed by atoms with Gasteiger partial charge < -0.3 is 15.0 Å². The first kappa shape index (κ1) is 15.1. The van der Waals surface area contributed by atoms with Crippen LogP contribution in [0.15, 0.2) is 53.3 Å². The molecule has 3 aromatic rings. The molecule has 0 fully saturated rings. The summed E-state index contributed by atoms with van der Waals surface area (Å²) in [5.41, 5.74) is 0.0529. The molecule has 3 rings (SSSR count). The van der Waals surface area contributed by atoms with Crippen LogP contribution in [0, 0.1) is 0 Å². The Morgan fingerprint density at radius 2 is 1.83 bits per heavy atom. The lowest BCUT2D eigenvalue weighted by atomic mass is 10.1. The van der Waals surface area contributed by atoms with Gasteiger partial charge in [0.1, 0.15) is 11.3 Å². The van der Waals surface area contributed by atoms with Crippen LogP contribution in [0.2, 0.25) is 5.02 Å². The fraction of sp³-hybridized carbons (Fsp3) is 0.0588. The maximum Gasteiger partial charge on any atom is 0.267 e. The molecule has 0 aliphatic rings. The first-order valence-corrected chi connectivity index (χ1v) is 7.25. The van der Waals surface area contributed by atoms with Gasteiger partial charge in [-0.2, -0.15) is 0 Å². The second-order valence-corrected chi connectivity index (χ2v) is 5.45. The second kappa shape index (κ2) is 5.78. The number of aromatic hydroxyl groups is 1. The summed E-state index contributed by atoms with van der Waals surface area (Å²) in [5, 5.41) is 13.6. The van der Waals surface area contributed by atoms with Gasteiger partial charge in [0.05, 0.1) is 15.9 Å². The molecule has 6 heteroatoms. The van der Waals surface area contributed by atoms with Crippen LogP contribution in [0.5, 0.6) is 5.75 Å².